The van der Waals surface area contributed by atoms with E-state index in [2.05, 4.69) is 0 Å². The van der Waals surface area contributed by atoms with Crippen LogP contribution in [0.3, 0.4) is 0 Å². The molecule has 0 atom stereocenters. The lowest BCUT2D eigenvalue weighted by molar-refractivity contribution is 0.107. The van der Waals surface area contributed by atoms with Crippen molar-refractivity contribution in [2.24, 2.45) is 0 Å². The molecule has 58 valence electrons. The molecule has 0 bridgehead atoms. The predicted octanol–water partition coefficient (Wildman–Crippen LogP) is 1.91. The highest BCUT2D eigenvalue weighted by Gasteiger charge is 2.08. The van der Waals surface area contributed by atoms with Crippen LogP contribution in [-0.2, 0) is 0 Å². The molecule has 1 aromatic rings. The lowest BCUT2D eigenvalue weighted by Crippen LogP contribution is -1.92. The Kier molecular flexibility index (Phi) is 2.10. The molecule has 0 unspecified atom stereocenters. The summed E-state index contributed by atoms with van der Waals surface area (Å²) in [7, 11) is 0. The van der Waals surface area contributed by atoms with Crippen molar-refractivity contribution < 1.29 is 14.3 Å². The Labute approximate surface area is 67.2 Å². The number of hydrogen-bond acceptors (Lipinski definition) is 2. The van der Waals surface area contributed by atoms with Crippen LogP contribution in [0.25, 0.3) is 0 Å². The maximum Gasteiger partial charge on any atom is 0.255 e. The summed E-state index contributed by atoms with van der Waals surface area (Å²) in [5, 5.41) is 7.89. The van der Waals surface area contributed by atoms with Gasteiger partial charge in [-0.25, -0.2) is 4.39 Å². The number of phenolic OH excluding ortho intramolecular Hbond substituents is 1. The van der Waals surface area contributed by atoms with Gasteiger partial charge in [0.15, 0.2) is 0 Å². The Hall–Kier alpha value is -1.09. The van der Waals surface area contributed by atoms with E-state index in [9.17, 15) is 9.18 Å². The standard InChI is InChI=1S/C7H4ClFO2/c8-7(11)5-3-4(10)1-2-6(5)9/h1-3,10H. The van der Waals surface area contributed by atoms with Crippen LogP contribution in [0.4, 0.5) is 4.39 Å². The van der Waals surface area contributed by atoms with E-state index in [4.69, 9.17) is 16.7 Å². The first-order valence-corrected chi connectivity index (χ1v) is 3.17. The van der Waals surface area contributed by atoms with E-state index in [0.717, 1.165) is 18.2 Å². The molecule has 0 aliphatic heterocycles. The molecular formula is C7H4ClFO2. The molecule has 2 nitrogen and oxygen atoms in total. The molecule has 0 saturated heterocycles. The molecular weight excluding hydrogens is 171 g/mol. The molecule has 1 rings (SSSR count). The van der Waals surface area contributed by atoms with Crippen LogP contribution in [0.5, 0.6) is 5.75 Å². The summed E-state index contributed by atoms with van der Waals surface area (Å²) in [5.74, 6) is -0.918. The normalized spacial score (nSPS) is 9.64. The van der Waals surface area contributed by atoms with Crippen molar-refractivity contribution in [3.8, 4) is 5.75 Å². The van der Waals surface area contributed by atoms with Crippen LogP contribution in [0.2, 0.25) is 0 Å². The average molecular weight is 175 g/mol. The summed E-state index contributed by atoms with van der Waals surface area (Å²) >= 11 is 4.99. The number of halogens is 2. The summed E-state index contributed by atoms with van der Waals surface area (Å²) in [4.78, 5) is 10.4. The van der Waals surface area contributed by atoms with Gasteiger partial charge in [-0.3, -0.25) is 4.79 Å². The molecule has 0 aliphatic rings. The van der Waals surface area contributed by atoms with Crippen molar-refractivity contribution >= 4 is 16.8 Å². The molecule has 1 aromatic carbocycles. The summed E-state index contributed by atoms with van der Waals surface area (Å²) < 4.78 is 12.6. The van der Waals surface area contributed by atoms with Gasteiger partial charge >= 0.3 is 0 Å². The van der Waals surface area contributed by atoms with Gasteiger partial charge in [-0.2, -0.15) is 0 Å². The van der Waals surface area contributed by atoms with Crippen molar-refractivity contribution in [3.63, 3.8) is 0 Å². The van der Waals surface area contributed by atoms with Gasteiger partial charge in [0.05, 0.1) is 5.56 Å². The highest BCUT2D eigenvalue weighted by Crippen LogP contribution is 2.16. The van der Waals surface area contributed by atoms with E-state index in [1.807, 2.05) is 0 Å². The number of rotatable bonds is 1. The first-order chi connectivity index (χ1) is 5.11. The first-order valence-electron chi connectivity index (χ1n) is 2.79. The molecule has 11 heavy (non-hydrogen) atoms. The van der Waals surface area contributed by atoms with E-state index in [0.29, 0.717) is 0 Å². The minimum atomic E-state index is -0.918. The van der Waals surface area contributed by atoms with Gasteiger partial charge in [-0.15, -0.1) is 0 Å². The molecule has 0 spiro atoms. The van der Waals surface area contributed by atoms with E-state index >= 15 is 0 Å². The fraction of sp³-hybridized carbons (Fsp3) is 0. The Morgan fingerprint density at radius 3 is 2.64 bits per heavy atom. The molecule has 0 aromatic heterocycles. The van der Waals surface area contributed by atoms with Gasteiger partial charge in [0.2, 0.25) is 0 Å². The largest absolute Gasteiger partial charge is 0.508 e. The number of phenols is 1. The highest BCUT2D eigenvalue weighted by atomic mass is 35.5. The predicted molar refractivity (Wildman–Crippen MR) is 38.2 cm³/mol. The van der Waals surface area contributed by atoms with Gasteiger partial charge in [0.1, 0.15) is 11.6 Å². The molecule has 0 saturated carbocycles. The van der Waals surface area contributed by atoms with Gasteiger partial charge in [-0.1, -0.05) is 0 Å². The van der Waals surface area contributed by atoms with E-state index < -0.39 is 11.1 Å². The van der Waals surface area contributed by atoms with Crippen molar-refractivity contribution in [2.45, 2.75) is 0 Å². The second-order valence-electron chi connectivity index (χ2n) is 1.94. The van der Waals surface area contributed by atoms with Crippen LogP contribution in [-0.4, -0.2) is 10.3 Å². The lowest BCUT2D eigenvalue weighted by atomic mass is 10.2. The first kappa shape index (κ1) is 8.01. The quantitative estimate of drug-likeness (QED) is 0.661. The van der Waals surface area contributed by atoms with Crippen molar-refractivity contribution in [2.75, 3.05) is 0 Å². The topological polar surface area (TPSA) is 37.3 Å². The molecule has 0 radical (unpaired) electrons. The number of aromatic hydroxyl groups is 1. The Balaban J connectivity index is 3.23. The van der Waals surface area contributed by atoms with Gasteiger partial charge in [0.25, 0.3) is 5.24 Å². The van der Waals surface area contributed by atoms with E-state index in [-0.39, 0.29) is 11.3 Å². The second-order valence-corrected chi connectivity index (χ2v) is 2.28. The molecule has 0 heterocycles. The second kappa shape index (κ2) is 2.88. The average Bonchev–Trinajstić information content (AvgIpc) is 1.94. The zero-order valence-electron chi connectivity index (χ0n) is 5.34. The van der Waals surface area contributed by atoms with Crippen LogP contribution in [0, 0.1) is 5.82 Å². The Morgan fingerprint density at radius 1 is 1.55 bits per heavy atom. The van der Waals surface area contributed by atoms with Gasteiger partial charge in [-0.05, 0) is 29.8 Å². The minimum Gasteiger partial charge on any atom is -0.508 e. The maximum atomic E-state index is 12.6. The summed E-state index contributed by atoms with van der Waals surface area (Å²) in [6.45, 7) is 0. The zero-order valence-corrected chi connectivity index (χ0v) is 6.10. The summed E-state index contributed by atoms with van der Waals surface area (Å²) in [5.41, 5.74) is -0.313. The molecule has 1 N–H and O–H groups in total. The molecule has 0 amide bonds. The summed E-state index contributed by atoms with van der Waals surface area (Å²) in [6.07, 6.45) is 0. The zero-order chi connectivity index (χ0) is 8.43. The van der Waals surface area contributed by atoms with Crippen LogP contribution in [0.15, 0.2) is 18.2 Å². The Bertz CT molecular complexity index is 298. The number of hydrogen-bond donors (Lipinski definition) is 1. The highest BCUT2D eigenvalue weighted by molar-refractivity contribution is 6.67. The minimum absolute atomic E-state index is 0.185. The van der Waals surface area contributed by atoms with Crippen molar-refractivity contribution in [3.05, 3.63) is 29.6 Å². The fourth-order valence-corrected chi connectivity index (χ4v) is 0.809. The summed E-state index contributed by atoms with van der Waals surface area (Å²) in [6, 6.07) is 3.09. The third kappa shape index (κ3) is 1.68. The molecule has 4 heteroatoms. The monoisotopic (exact) mass is 174 g/mol. The smallest absolute Gasteiger partial charge is 0.255 e. The van der Waals surface area contributed by atoms with E-state index in [1.165, 1.54) is 0 Å². The van der Waals surface area contributed by atoms with Gasteiger partial charge in [0, 0.05) is 0 Å². The number of carbonyl (C=O) groups excluding carboxylic acids is 1. The van der Waals surface area contributed by atoms with E-state index in [1.54, 1.807) is 0 Å². The fourth-order valence-electron chi connectivity index (χ4n) is 0.664. The third-order valence-electron chi connectivity index (χ3n) is 1.16. The van der Waals surface area contributed by atoms with Crippen LogP contribution >= 0.6 is 11.6 Å². The lowest BCUT2D eigenvalue weighted by Gasteiger charge is -1.96. The van der Waals surface area contributed by atoms with Crippen molar-refractivity contribution in [1.29, 1.82) is 0 Å². The molecule has 0 fully saturated rings. The van der Waals surface area contributed by atoms with Gasteiger partial charge < -0.3 is 5.11 Å². The third-order valence-corrected chi connectivity index (χ3v) is 1.37. The number of carbonyl (C=O) groups is 1. The maximum absolute atomic E-state index is 12.6. The van der Waals surface area contributed by atoms with Crippen molar-refractivity contribution in [1.82, 2.24) is 0 Å². The molecule has 0 aliphatic carbocycles. The number of benzene rings is 1. The SMILES string of the molecule is O=C(Cl)c1cc(O)ccc1F. The van der Waals surface area contributed by atoms with Crippen LogP contribution < -0.4 is 0 Å². The Morgan fingerprint density at radius 2 is 2.18 bits per heavy atom. The van der Waals surface area contributed by atoms with Crippen LogP contribution in [0.1, 0.15) is 10.4 Å².